The largest absolute Gasteiger partial charge is 0.297 e. The van der Waals surface area contributed by atoms with E-state index in [-0.39, 0.29) is 0 Å². The first-order valence-corrected chi connectivity index (χ1v) is 13.7. The standard InChI is InChI=1S/C22H19ClNOPS.ClHO4/c1-27-21(23)22(24-17-25)26(18-11-5-2-6-12-18,19-13-7-3-8-14-19)20-15-9-4-10-16-20;2-1(3,4)5/h2-17H,1H3;(H,2,3,4,5). The van der Waals surface area contributed by atoms with Gasteiger partial charge in [0.25, 0.3) is 0 Å². The van der Waals surface area contributed by atoms with Gasteiger partial charge in [-0.3, -0.25) is 10.1 Å². The quantitative estimate of drug-likeness (QED) is 0.343. The van der Waals surface area contributed by atoms with Gasteiger partial charge in [0.2, 0.25) is 11.8 Å². The van der Waals surface area contributed by atoms with Gasteiger partial charge in [-0.25, -0.2) is 18.6 Å². The van der Waals surface area contributed by atoms with Crippen molar-refractivity contribution >= 4 is 52.9 Å². The lowest BCUT2D eigenvalue weighted by Gasteiger charge is -2.29. The van der Waals surface area contributed by atoms with Crippen molar-refractivity contribution in [1.29, 1.82) is 0 Å². The van der Waals surface area contributed by atoms with Crippen molar-refractivity contribution in [2.75, 3.05) is 6.26 Å². The van der Waals surface area contributed by atoms with E-state index in [1.54, 1.807) is 0 Å². The molecule has 3 aromatic rings. The number of carbonyl (C=O) groups is 1. The van der Waals surface area contributed by atoms with Crippen LogP contribution in [0.4, 0.5) is 0 Å². The Morgan fingerprint density at radius 2 is 1.12 bits per heavy atom. The lowest BCUT2D eigenvalue weighted by Crippen LogP contribution is -2.68. The van der Waals surface area contributed by atoms with Crippen molar-refractivity contribution < 1.29 is 33.7 Å². The summed E-state index contributed by atoms with van der Waals surface area (Å²) in [5.41, 5.74) is 0.760. The van der Waals surface area contributed by atoms with Crippen LogP contribution in [0.15, 0.2) is 101 Å². The molecule has 0 unspecified atom stereocenters. The average molecular weight is 512 g/mol. The van der Waals surface area contributed by atoms with Gasteiger partial charge in [-0.15, -0.1) is 22.0 Å². The van der Waals surface area contributed by atoms with Gasteiger partial charge in [-0.05, 0) is 42.7 Å². The monoisotopic (exact) mass is 511 g/mol. The third-order valence-corrected chi connectivity index (χ3v) is 10.1. The molecule has 6 nitrogen and oxygen atoms in total. The van der Waals surface area contributed by atoms with Gasteiger partial charge in [-0.1, -0.05) is 66.2 Å². The van der Waals surface area contributed by atoms with Crippen molar-refractivity contribution in [2.45, 2.75) is 0 Å². The van der Waals surface area contributed by atoms with Gasteiger partial charge in [0.1, 0.15) is 20.3 Å². The van der Waals surface area contributed by atoms with Gasteiger partial charge in [-0.2, -0.15) is 0 Å². The molecule has 0 aromatic heterocycles. The topological polar surface area (TPSA) is 121 Å². The maximum absolute atomic E-state index is 11.6. The van der Waals surface area contributed by atoms with Crippen molar-refractivity contribution in [3.63, 3.8) is 0 Å². The number of benzene rings is 3. The molecule has 3 aromatic carbocycles. The zero-order valence-electron chi connectivity index (χ0n) is 16.9. The first kappa shape index (κ1) is 26.3. The summed E-state index contributed by atoms with van der Waals surface area (Å²) >= 11 is 8.13. The Bertz CT molecular complexity index is 916. The van der Waals surface area contributed by atoms with E-state index in [9.17, 15) is 4.79 Å². The molecule has 0 atom stereocenters. The number of hydrogen-bond donors (Lipinski definition) is 1. The highest BCUT2D eigenvalue weighted by molar-refractivity contribution is 8.05. The van der Waals surface area contributed by atoms with E-state index in [0.717, 1.165) is 27.8 Å². The molecule has 0 bridgehead atoms. The molecule has 0 spiro atoms. The summed E-state index contributed by atoms with van der Waals surface area (Å²) < 4.78 is 34.6. The van der Waals surface area contributed by atoms with Crippen LogP contribution in [0, 0.1) is 10.2 Å². The van der Waals surface area contributed by atoms with Crippen LogP contribution in [0.3, 0.4) is 0 Å². The molecule has 0 radical (unpaired) electrons. The van der Waals surface area contributed by atoms with Crippen LogP contribution < -0.4 is 39.9 Å². The van der Waals surface area contributed by atoms with E-state index in [1.807, 2.05) is 60.9 Å². The summed E-state index contributed by atoms with van der Waals surface area (Å²) in [4.78, 5) is 11.6. The molecule has 1 amide bonds. The third-order valence-electron chi connectivity index (χ3n) is 4.33. The molecule has 0 saturated carbocycles. The van der Waals surface area contributed by atoms with Crippen molar-refractivity contribution in [1.82, 2.24) is 5.32 Å². The first-order chi connectivity index (χ1) is 15.2. The summed E-state index contributed by atoms with van der Waals surface area (Å²) in [5, 5.41) is 6.38. The van der Waals surface area contributed by atoms with Gasteiger partial charge in [0, 0.05) is 0 Å². The molecule has 168 valence electrons. The number of amides is 1. The fourth-order valence-electron chi connectivity index (χ4n) is 3.23. The number of rotatable bonds is 7. The normalized spacial score (nSPS) is 12.2. The Kier molecular flexibility index (Phi) is 10.2. The fourth-order valence-corrected chi connectivity index (χ4v) is 8.64. The summed E-state index contributed by atoms with van der Waals surface area (Å²) in [7, 11) is -7.31. The Morgan fingerprint density at radius 3 is 1.38 bits per heavy atom. The Labute approximate surface area is 198 Å². The van der Waals surface area contributed by atoms with Gasteiger partial charge in [0.05, 0.1) is 0 Å². The van der Waals surface area contributed by atoms with Crippen LogP contribution in [0.1, 0.15) is 0 Å². The van der Waals surface area contributed by atoms with Gasteiger partial charge in [0.15, 0.2) is 7.26 Å². The summed E-state index contributed by atoms with van der Waals surface area (Å²) in [6.07, 6.45) is 2.64. The van der Waals surface area contributed by atoms with Crippen molar-refractivity contribution in [2.24, 2.45) is 0 Å². The van der Waals surface area contributed by atoms with E-state index in [1.165, 1.54) is 11.8 Å². The van der Waals surface area contributed by atoms with Gasteiger partial charge >= 0.3 is 0 Å². The van der Waals surface area contributed by atoms with Crippen LogP contribution in [0.5, 0.6) is 0 Å². The van der Waals surface area contributed by atoms with Crippen LogP contribution in [-0.2, 0) is 4.79 Å². The molecule has 10 heteroatoms. The molecule has 32 heavy (non-hydrogen) atoms. The minimum absolute atomic E-state index is 0.590. The zero-order valence-corrected chi connectivity index (χ0v) is 20.1. The predicted molar refractivity (Wildman–Crippen MR) is 121 cm³/mol. The minimum Gasteiger partial charge on any atom is -0.297 e. The molecule has 0 aliphatic carbocycles. The number of hydrogen-bond acceptors (Lipinski definition) is 6. The van der Waals surface area contributed by atoms with Crippen LogP contribution in [-0.4, -0.2) is 12.7 Å². The van der Waals surface area contributed by atoms with E-state index in [0.29, 0.717) is 4.36 Å². The van der Waals surface area contributed by atoms with Crippen LogP contribution >= 0.6 is 30.6 Å². The molecule has 3 rings (SSSR count). The van der Waals surface area contributed by atoms with Crippen molar-refractivity contribution in [3.8, 4) is 0 Å². The second kappa shape index (κ2) is 12.3. The molecule has 0 saturated heterocycles. The summed E-state index contributed by atoms with van der Waals surface area (Å²) in [6, 6.07) is 30.9. The lowest BCUT2D eigenvalue weighted by atomic mass is 10.4. The predicted octanol–water partition coefficient (Wildman–Crippen LogP) is -0.301. The maximum atomic E-state index is 11.6. The second-order valence-electron chi connectivity index (χ2n) is 6.14. The number of nitrogens with one attached hydrogen (secondary N) is 1. The number of halogens is 2. The molecule has 0 aliphatic rings. The molecule has 0 heterocycles. The zero-order chi connectivity index (χ0) is 23.6. The first-order valence-electron chi connectivity index (χ1n) is 9.07. The molecule has 0 aliphatic heterocycles. The highest BCUT2D eigenvalue weighted by Crippen LogP contribution is 2.63. The van der Waals surface area contributed by atoms with Crippen LogP contribution in [0.25, 0.3) is 0 Å². The third kappa shape index (κ3) is 6.78. The highest BCUT2D eigenvalue weighted by atomic mass is 35.7. The van der Waals surface area contributed by atoms with Crippen molar-refractivity contribution in [3.05, 3.63) is 101 Å². The Morgan fingerprint density at radius 1 is 0.812 bits per heavy atom. The molecule has 0 fully saturated rings. The van der Waals surface area contributed by atoms with E-state index in [4.69, 9.17) is 30.2 Å². The second-order valence-corrected chi connectivity index (χ2v) is 11.7. The highest BCUT2D eigenvalue weighted by Gasteiger charge is 2.51. The fraction of sp³-hybridized carbons (Fsp3) is 0.0455. The van der Waals surface area contributed by atoms with E-state index < -0.39 is 17.5 Å². The molecular formula is C22H20Cl2NO5PS. The van der Waals surface area contributed by atoms with E-state index in [2.05, 4.69) is 41.7 Å². The minimum atomic E-state index is -4.94. The average Bonchev–Trinajstić information content (AvgIpc) is 2.79. The maximum Gasteiger partial charge on any atom is 0.214 e. The summed E-state index contributed by atoms with van der Waals surface area (Å²) in [6.45, 7) is 0. The number of carbonyl (C=O) groups excluding carboxylic acids is 1. The molecule has 1 N–H and O–H groups in total. The lowest BCUT2D eigenvalue weighted by molar-refractivity contribution is -2.00. The smallest absolute Gasteiger partial charge is 0.214 e. The summed E-state index contributed by atoms with van der Waals surface area (Å²) in [5.74, 6) is 0. The number of thioether (sulfide) groups is 1. The van der Waals surface area contributed by atoms with Crippen LogP contribution in [0.2, 0.25) is 0 Å². The Hall–Kier alpha value is -1.93. The van der Waals surface area contributed by atoms with Gasteiger partial charge < -0.3 is 0 Å². The Balaban J connectivity index is 0.000000654. The molecular weight excluding hydrogens is 492 g/mol. The SMILES string of the molecule is CSC(Cl)=C(NC=O)[P+](c1ccccc1)(c1ccccc1)c1ccccc1.[O-][Cl+3]([O-])([O-])[O-]. The van der Waals surface area contributed by atoms with E-state index >= 15 is 0 Å².